The van der Waals surface area contributed by atoms with Crippen molar-refractivity contribution in [3.63, 3.8) is 0 Å². The molecule has 2 aromatic carbocycles. The Labute approximate surface area is 159 Å². The van der Waals surface area contributed by atoms with Gasteiger partial charge >= 0.3 is 12.6 Å². The average molecular weight is 396 g/mol. The third kappa shape index (κ3) is 4.87. The molecule has 0 N–H and O–H groups in total. The second kappa shape index (κ2) is 9.54. The van der Waals surface area contributed by atoms with Crippen LogP contribution in [0.3, 0.4) is 0 Å². The van der Waals surface area contributed by atoms with Crippen molar-refractivity contribution in [2.24, 2.45) is 0 Å². The lowest BCUT2D eigenvalue weighted by Crippen LogP contribution is -2.15. The van der Waals surface area contributed by atoms with E-state index in [1.807, 2.05) is 0 Å². The lowest BCUT2D eigenvalue weighted by Gasteiger charge is -2.15. The van der Waals surface area contributed by atoms with Crippen LogP contribution in [0.5, 0.6) is 23.0 Å². The maximum Gasteiger partial charge on any atom is 0.387 e. The fourth-order valence-corrected chi connectivity index (χ4v) is 2.38. The van der Waals surface area contributed by atoms with E-state index in [2.05, 4.69) is 4.74 Å². The first-order valence-corrected chi connectivity index (χ1v) is 7.95. The predicted octanol–water partition coefficient (Wildman–Crippen LogP) is 3.35. The van der Waals surface area contributed by atoms with E-state index >= 15 is 0 Å². The fourth-order valence-electron chi connectivity index (χ4n) is 2.38. The smallest absolute Gasteiger partial charge is 0.387 e. The van der Waals surface area contributed by atoms with E-state index in [1.165, 1.54) is 57.7 Å². The Kier molecular flexibility index (Phi) is 7.14. The van der Waals surface area contributed by atoms with E-state index in [-0.39, 0.29) is 28.4 Å². The zero-order chi connectivity index (χ0) is 20.7. The Bertz CT molecular complexity index is 835. The highest BCUT2D eigenvalue weighted by Crippen LogP contribution is 2.39. The molecule has 0 aliphatic rings. The summed E-state index contributed by atoms with van der Waals surface area (Å²) < 4.78 is 49.1. The quantitative estimate of drug-likeness (QED) is 0.475. The number of hydrogen-bond donors (Lipinski definition) is 0. The van der Waals surface area contributed by atoms with Gasteiger partial charge in [-0.15, -0.1) is 0 Å². The van der Waals surface area contributed by atoms with Crippen LogP contribution in [0.25, 0.3) is 0 Å². The molecular formula is C19H18F2O7. The van der Waals surface area contributed by atoms with Gasteiger partial charge in [0.15, 0.2) is 23.9 Å². The number of ketones is 1. The van der Waals surface area contributed by atoms with E-state index in [0.717, 1.165) is 0 Å². The molecule has 2 rings (SSSR count). The van der Waals surface area contributed by atoms with E-state index in [1.54, 1.807) is 0 Å². The predicted molar refractivity (Wildman–Crippen MR) is 93.8 cm³/mol. The Morgan fingerprint density at radius 1 is 0.893 bits per heavy atom. The number of hydrogen-bond acceptors (Lipinski definition) is 7. The van der Waals surface area contributed by atoms with Crippen LogP contribution in [-0.4, -0.2) is 46.3 Å². The molecular weight excluding hydrogens is 378 g/mol. The van der Waals surface area contributed by atoms with E-state index in [4.69, 9.17) is 18.9 Å². The Balaban J connectivity index is 2.08. The van der Waals surface area contributed by atoms with Crippen LogP contribution < -0.4 is 18.9 Å². The minimum Gasteiger partial charge on any atom is -0.493 e. The fraction of sp³-hybridized carbons (Fsp3) is 0.263. The summed E-state index contributed by atoms with van der Waals surface area (Å²) in [4.78, 5) is 24.5. The van der Waals surface area contributed by atoms with Crippen molar-refractivity contribution in [3.05, 3.63) is 47.5 Å². The molecule has 0 aliphatic heterocycles. The molecule has 0 spiro atoms. The molecule has 0 saturated carbocycles. The standard InChI is InChI=1S/C19H18F2O7/c1-24-15-9-8-13(16(25-2)17(15)26-3)18(23)27-10-14(22)11-4-6-12(7-5-11)28-19(20)21/h4-9,19H,10H2,1-3H3. The molecule has 0 heterocycles. The molecule has 150 valence electrons. The van der Waals surface area contributed by atoms with Crippen molar-refractivity contribution in [1.82, 2.24) is 0 Å². The van der Waals surface area contributed by atoms with Gasteiger partial charge in [-0.3, -0.25) is 4.79 Å². The molecule has 0 unspecified atom stereocenters. The summed E-state index contributed by atoms with van der Waals surface area (Å²) in [7, 11) is 4.17. The first kappa shape index (κ1) is 20.9. The lowest BCUT2D eigenvalue weighted by atomic mass is 10.1. The molecule has 0 atom stereocenters. The van der Waals surface area contributed by atoms with Crippen LogP contribution in [0.1, 0.15) is 20.7 Å². The van der Waals surface area contributed by atoms with Gasteiger partial charge < -0.3 is 23.7 Å². The Hall–Kier alpha value is -3.36. The van der Waals surface area contributed by atoms with Crippen LogP contribution in [0.15, 0.2) is 36.4 Å². The summed E-state index contributed by atoms with van der Waals surface area (Å²) in [5.74, 6) is -0.731. The molecule has 7 nitrogen and oxygen atoms in total. The van der Waals surface area contributed by atoms with Gasteiger partial charge in [-0.2, -0.15) is 8.78 Å². The monoisotopic (exact) mass is 396 g/mol. The van der Waals surface area contributed by atoms with Gasteiger partial charge in [0, 0.05) is 5.56 Å². The highest BCUT2D eigenvalue weighted by Gasteiger charge is 2.22. The van der Waals surface area contributed by atoms with Crippen LogP contribution in [0.4, 0.5) is 8.78 Å². The first-order chi connectivity index (χ1) is 13.4. The van der Waals surface area contributed by atoms with Gasteiger partial charge in [0.1, 0.15) is 11.3 Å². The number of alkyl halides is 2. The van der Waals surface area contributed by atoms with Crippen LogP contribution in [-0.2, 0) is 4.74 Å². The largest absolute Gasteiger partial charge is 0.493 e. The summed E-state index contributed by atoms with van der Waals surface area (Å²) in [6, 6.07) is 7.96. The molecule has 0 bridgehead atoms. The van der Waals surface area contributed by atoms with Crippen LogP contribution in [0, 0.1) is 0 Å². The molecule has 28 heavy (non-hydrogen) atoms. The third-order valence-electron chi connectivity index (χ3n) is 3.66. The number of methoxy groups -OCH3 is 3. The Morgan fingerprint density at radius 2 is 1.54 bits per heavy atom. The summed E-state index contributed by atoms with van der Waals surface area (Å²) in [6.07, 6.45) is 0. The van der Waals surface area contributed by atoms with Gasteiger partial charge in [-0.1, -0.05) is 0 Å². The van der Waals surface area contributed by atoms with Gasteiger partial charge in [0.05, 0.1) is 21.3 Å². The Morgan fingerprint density at radius 3 is 2.07 bits per heavy atom. The molecule has 0 aromatic heterocycles. The first-order valence-electron chi connectivity index (χ1n) is 7.95. The van der Waals surface area contributed by atoms with Crippen molar-refractivity contribution in [3.8, 4) is 23.0 Å². The number of ether oxygens (including phenoxy) is 5. The number of carbonyl (C=O) groups excluding carboxylic acids is 2. The zero-order valence-electron chi connectivity index (χ0n) is 15.4. The van der Waals surface area contributed by atoms with Crippen LogP contribution in [0.2, 0.25) is 0 Å². The molecule has 0 amide bonds. The third-order valence-corrected chi connectivity index (χ3v) is 3.66. The summed E-state index contributed by atoms with van der Waals surface area (Å²) >= 11 is 0. The van der Waals surface area contributed by atoms with Gasteiger partial charge in [-0.25, -0.2) is 4.79 Å². The number of Topliss-reactive ketones (excluding diaryl/α,β-unsaturated/α-hetero) is 1. The maximum atomic E-state index is 12.3. The highest BCUT2D eigenvalue weighted by atomic mass is 19.3. The summed E-state index contributed by atoms with van der Waals surface area (Å²) in [5.41, 5.74) is 0.224. The molecule has 0 radical (unpaired) electrons. The van der Waals surface area contributed by atoms with Crippen molar-refractivity contribution < 1.29 is 42.1 Å². The second-order valence-electron chi connectivity index (χ2n) is 5.28. The second-order valence-corrected chi connectivity index (χ2v) is 5.28. The number of rotatable bonds is 9. The number of esters is 1. The zero-order valence-corrected chi connectivity index (χ0v) is 15.4. The average Bonchev–Trinajstić information content (AvgIpc) is 2.70. The van der Waals surface area contributed by atoms with Crippen molar-refractivity contribution in [2.75, 3.05) is 27.9 Å². The molecule has 0 saturated heterocycles. The van der Waals surface area contributed by atoms with Gasteiger partial charge in [0.2, 0.25) is 5.75 Å². The summed E-state index contributed by atoms with van der Waals surface area (Å²) in [5, 5.41) is 0. The minimum absolute atomic E-state index is 0.0497. The van der Waals surface area contributed by atoms with Crippen LogP contribution >= 0.6 is 0 Å². The SMILES string of the molecule is COc1ccc(C(=O)OCC(=O)c2ccc(OC(F)F)cc2)c(OC)c1OC. The lowest BCUT2D eigenvalue weighted by molar-refractivity contribution is -0.0498. The van der Waals surface area contributed by atoms with Crippen molar-refractivity contribution in [2.45, 2.75) is 6.61 Å². The molecule has 2 aromatic rings. The maximum absolute atomic E-state index is 12.3. The van der Waals surface area contributed by atoms with E-state index in [0.29, 0.717) is 5.75 Å². The normalized spacial score (nSPS) is 10.4. The summed E-state index contributed by atoms with van der Waals surface area (Å²) in [6.45, 7) is -3.51. The highest BCUT2D eigenvalue weighted by molar-refractivity contribution is 6.00. The van der Waals surface area contributed by atoms with E-state index in [9.17, 15) is 18.4 Å². The van der Waals surface area contributed by atoms with Crippen molar-refractivity contribution >= 4 is 11.8 Å². The van der Waals surface area contributed by atoms with Crippen molar-refractivity contribution in [1.29, 1.82) is 0 Å². The minimum atomic E-state index is -2.96. The van der Waals surface area contributed by atoms with Gasteiger partial charge in [-0.05, 0) is 36.4 Å². The molecule has 0 aliphatic carbocycles. The van der Waals surface area contributed by atoms with Gasteiger partial charge in [0.25, 0.3) is 0 Å². The number of halogens is 2. The molecule has 9 heteroatoms. The van der Waals surface area contributed by atoms with E-state index < -0.39 is 25.0 Å². The number of benzene rings is 2. The topological polar surface area (TPSA) is 80.3 Å². The molecule has 0 fully saturated rings. The number of carbonyl (C=O) groups is 2.